The first-order chi connectivity index (χ1) is 13.0. The van der Waals surface area contributed by atoms with Gasteiger partial charge in [-0.15, -0.1) is 0 Å². The van der Waals surface area contributed by atoms with Crippen LogP contribution in [0.4, 0.5) is 0 Å². The predicted octanol–water partition coefficient (Wildman–Crippen LogP) is 1.72. The predicted molar refractivity (Wildman–Crippen MR) is 99.9 cm³/mol. The molecular formula is C19H31N3O5. The fourth-order valence-electron chi connectivity index (χ4n) is 3.76. The van der Waals surface area contributed by atoms with Gasteiger partial charge in [0, 0.05) is 12.1 Å². The van der Waals surface area contributed by atoms with Crippen LogP contribution in [0.25, 0.3) is 0 Å². The van der Waals surface area contributed by atoms with Gasteiger partial charge in [0.25, 0.3) is 11.8 Å². The van der Waals surface area contributed by atoms with Crippen LogP contribution in [0.1, 0.15) is 70.6 Å². The van der Waals surface area contributed by atoms with Crippen LogP contribution in [0.3, 0.4) is 0 Å². The van der Waals surface area contributed by atoms with Gasteiger partial charge in [-0.05, 0) is 25.7 Å². The van der Waals surface area contributed by atoms with Crippen molar-refractivity contribution in [2.75, 3.05) is 6.54 Å². The number of carbonyl (C=O) groups is 3. The highest BCUT2D eigenvalue weighted by molar-refractivity contribution is 6.19. The number of aliphatic hydroxyl groups is 1. The van der Waals surface area contributed by atoms with E-state index < -0.39 is 35.8 Å². The van der Waals surface area contributed by atoms with E-state index in [0.717, 1.165) is 70.6 Å². The summed E-state index contributed by atoms with van der Waals surface area (Å²) in [6.45, 7) is -0.615. The first-order valence-electron chi connectivity index (χ1n) is 9.98. The number of amides is 2. The topological polar surface area (TPSA) is 128 Å². The van der Waals surface area contributed by atoms with E-state index in [2.05, 4.69) is 16.0 Å². The van der Waals surface area contributed by atoms with Gasteiger partial charge < -0.3 is 26.2 Å². The number of carbonyl (C=O) groups excluding carboxylic acids is 2. The fourth-order valence-corrected chi connectivity index (χ4v) is 3.76. The van der Waals surface area contributed by atoms with E-state index in [4.69, 9.17) is 5.11 Å². The summed E-state index contributed by atoms with van der Waals surface area (Å²) in [7, 11) is 0. The molecule has 8 nitrogen and oxygen atoms in total. The maximum absolute atomic E-state index is 12.7. The molecule has 8 heteroatoms. The molecule has 0 atom stereocenters. The lowest BCUT2D eigenvalue weighted by Gasteiger charge is -2.24. The highest BCUT2D eigenvalue weighted by Gasteiger charge is 2.28. The molecule has 0 aromatic rings. The van der Waals surface area contributed by atoms with Gasteiger partial charge in [-0.1, -0.05) is 44.9 Å². The third-order valence-electron chi connectivity index (χ3n) is 5.23. The number of hydrogen-bond donors (Lipinski definition) is 5. The van der Waals surface area contributed by atoms with E-state index in [1.165, 1.54) is 0 Å². The third kappa shape index (κ3) is 7.11. The highest BCUT2D eigenvalue weighted by Crippen LogP contribution is 2.20. The lowest BCUT2D eigenvalue weighted by molar-refractivity contribution is -0.138. The maximum Gasteiger partial charge on any atom is 0.322 e. The Morgan fingerprint density at radius 3 is 1.70 bits per heavy atom. The van der Waals surface area contributed by atoms with E-state index in [9.17, 15) is 19.5 Å². The van der Waals surface area contributed by atoms with Crippen LogP contribution in [0.5, 0.6) is 0 Å². The van der Waals surface area contributed by atoms with Crippen LogP contribution in [-0.2, 0) is 14.4 Å². The van der Waals surface area contributed by atoms with Gasteiger partial charge in [0.15, 0.2) is 5.57 Å². The number of carboxylic acids is 1. The van der Waals surface area contributed by atoms with E-state index in [1.807, 2.05) is 0 Å². The number of rotatable bonds is 7. The fraction of sp³-hybridized carbons (Fsp3) is 0.737. The molecule has 0 bridgehead atoms. The number of nitrogens with one attached hydrogen (secondary N) is 3. The summed E-state index contributed by atoms with van der Waals surface area (Å²) < 4.78 is 0. The molecule has 5 N–H and O–H groups in total. The van der Waals surface area contributed by atoms with Crippen molar-refractivity contribution in [1.82, 2.24) is 16.0 Å². The number of carboxylic acid groups (broad SMARTS) is 1. The quantitative estimate of drug-likeness (QED) is 0.150. The lowest BCUT2D eigenvalue weighted by atomic mass is 9.95. The van der Waals surface area contributed by atoms with Crippen molar-refractivity contribution < 1.29 is 24.6 Å². The molecule has 2 aliphatic rings. The molecule has 0 unspecified atom stereocenters. The average Bonchev–Trinajstić information content (AvgIpc) is 2.89. The van der Waals surface area contributed by atoms with Crippen molar-refractivity contribution in [3.63, 3.8) is 0 Å². The van der Waals surface area contributed by atoms with Crippen molar-refractivity contribution in [1.29, 1.82) is 0 Å². The summed E-state index contributed by atoms with van der Waals surface area (Å²) in [5.74, 6) is -3.24. The second-order valence-electron chi connectivity index (χ2n) is 7.44. The number of aliphatic hydroxyl groups excluding tert-OH is 1. The minimum Gasteiger partial charge on any atom is -0.494 e. The van der Waals surface area contributed by atoms with Crippen LogP contribution in [0, 0.1) is 0 Å². The standard InChI is InChI=1S/C19H31N3O5/c23-15(24)12-20-17(25)16(19(27)22-14-10-6-3-7-11-14)18(26)21-13-8-4-1-2-5-9-13/h13-14,22,27H,1-12H2,(H,20,25)(H,21,26)(H,23,24)/b19-16+. The average molecular weight is 381 g/mol. The molecule has 152 valence electrons. The molecule has 0 aromatic carbocycles. The van der Waals surface area contributed by atoms with Gasteiger partial charge in [-0.3, -0.25) is 14.4 Å². The largest absolute Gasteiger partial charge is 0.494 e. The Kier molecular flexibility index (Phi) is 8.42. The summed E-state index contributed by atoms with van der Waals surface area (Å²) in [5, 5.41) is 27.1. The van der Waals surface area contributed by atoms with E-state index in [0.29, 0.717) is 0 Å². The highest BCUT2D eigenvalue weighted by atomic mass is 16.4. The van der Waals surface area contributed by atoms with Crippen LogP contribution in [0.15, 0.2) is 11.5 Å². The summed E-state index contributed by atoms with van der Waals surface area (Å²) in [5.41, 5.74) is -0.439. The molecule has 2 amide bonds. The number of hydrogen-bond acceptors (Lipinski definition) is 5. The Balaban J connectivity index is 2.10. The summed E-state index contributed by atoms with van der Waals surface area (Å²) in [4.78, 5) is 35.8. The first-order valence-corrected chi connectivity index (χ1v) is 9.98. The SMILES string of the molecule is O=C(O)CNC(=O)/C(C(=O)NC1CCCCCC1)=C(\O)NC1CCCCC1. The van der Waals surface area contributed by atoms with Crippen LogP contribution >= 0.6 is 0 Å². The number of aliphatic carboxylic acids is 1. The summed E-state index contributed by atoms with van der Waals surface area (Å²) in [6.07, 6.45) is 10.9. The molecule has 0 saturated heterocycles. The van der Waals surface area contributed by atoms with Gasteiger partial charge >= 0.3 is 5.97 Å². The van der Waals surface area contributed by atoms with Gasteiger partial charge in [-0.25, -0.2) is 0 Å². The lowest BCUT2D eigenvalue weighted by Crippen LogP contribution is -2.43. The monoisotopic (exact) mass is 381 g/mol. The van der Waals surface area contributed by atoms with Gasteiger partial charge in [0.05, 0.1) is 0 Å². The van der Waals surface area contributed by atoms with Crippen molar-refractivity contribution in [2.45, 2.75) is 82.7 Å². The minimum atomic E-state index is -1.22. The smallest absolute Gasteiger partial charge is 0.322 e. The van der Waals surface area contributed by atoms with Gasteiger partial charge in [-0.2, -0.15) is 0 Å². The Labute approximate surface area is 159 Å². The Hall–Kier alpha value is -2.25. The zero-order valence-electron chi connectivity index (χ0n) is 15.8. The molecule has 27 heavy (non-hydrogen) atoms. The van der Waals surface area contributed by atoms with Crippen molar-refractivity contribution in [3.8, 4) is 0 Å². The summed E-state index contributed by atoms with van der Waals surface area (Å²) in [6, 6.07) is -0.0311. The third-order valence-corrected chi connectivity index (χ3v) is 5.23. The minimum absolute atomic E-state index is 0.00621. The molecule has 2 saturated carbocycles. The molecule has 0 heterocycles. The van der Waals surface area contributed by atoms with E-state index >= 15 is 0 Å². The first kappa shape index (κ1) is 21.1. The maximum atomic E-state index is 12.7. The van der Waals surface area contributed by atoms with Crippen molar-refractivity contribution >= 4 is 17.8 Å². The van der Waals surface area contributed by atoms with Crippen molar-refractivity contribution in [3.05, 3.63) is 11.5 Å². The second-order valence-corrected chi connectivity index (χ2v) is 7.44. The second kappa shape index (κ2) is 10.8. The molecule has 0 radical (unpaired) electrons. The Bertz CT molecular complexity index is 562. The zero-order chi connectivity index (χ0) is 19.6. The molecule has 2 fully saturated rings. The molecular weight excluding hydrogens is 350 g/mol. The Morgan fingerprint density at radius 1 is 0.704 bits per heavy atom. The molecule has 2 rings (SSSR count). The molecule has 0 aromatic heterocycles. The Morgan fingerprint density at radius 2 is 1.19 bits per heavy atom. The van der Waals surface area contributed by atoms with Crippen LogP contribution < -0.4 is 16.0 Å². The van der Waals surface area contributed by atoms with Crippen LogP contribution in [0.2, 0.25) is 0 Å². The molecule has 0 aliphatic heterocycles. The van der Waals surface area contributed by atoms with Crippen LogP contribution in [-0.4, -0.2) is 46.6 Å². The van der Waals surface area contributed by atoms with E-state index in [1.54, 1.807) is 0 Å². The zero-order valence-corrected chi connectivity index (χ0v) is 15.8. The van der Waals surface area contributed by atoms with Gasteiger partial charge in [0.1, 0.15) is 6.54 Å². The van der Waals surface area contributed by atoms with E-state index in [-0.39, 0.29) is 12.1 Å². The van der Waals surface area contributed by atoms with Crippen molar-refractivity contribution in [2.24, 2.45) is 0 Å². The summed E-state index contributed by atoms with van der Waals surface area (Å²) >= 11 is 0. The molecule has 2 aliphatic carbocycles. The van der Waals surface area contributed by atoms with Gasteiger partial charge in [0.2, 0.25) is 5.88 Å². The normalized spacial score (nSPS) is 20.1. The molecule has 0 spiro atoms.